The average molecular weight is 769 g/mol. The van der Waals surface area contributed by atoms with Gasteiger partial charge in [-0.15, -0.1) is 0 Å². The summed E-state index contributed by atoms with van der Waals surface area (Å²) in [6.07, 6.45) is 52.3. The normalized spacial score (nSPS) is 12.6. The number of rotatable bonds is 40. The summed E-state index contributed by atoms with van der Waals surface area (Å²) in [7, 11) is 0. The van der Waals surface area contributed by atoms with E-state index in [1.54, 1.807) is 0 Å². The van der Waals surface area contributed by atoms with Crippen LogP contribution in [0.1, 0.15) is 213 Å². The van der Waals surface area contributed by atoms with E-state index >= 15 is 0 Å². The van der Waals surface area contributed by atoms with Crippen LogP contribution >= 0.6 is 0 Å². The third kappa shape index (κ3) is 42.1. The van der Waals surface area contributed by atoms with E-state index in [4.69, 9.17) is 14.2 Å². The molecule has 316 valence electrons. The summed E-state index contributed by atoms with van der Waals surface area (Å²) >= 11 is 0. The van der Waals surface area contributed by atoms with E-state index in [1.165, 1.54) is 57.8 Å². The Morgan fingerprint density at radius 2 is 0.709 bits per heavy atom. The number of ether oxygens (including phenoxy) is 3. The highest BCUT2D eigenvalue weighted by Gasteiger charge is 2.19. The second kappa shape index (κ2) is 43.8. The lowest BCUT2D eigenvalue weighted by Crippen LogP contribution is -2.30. The average Bonchev–Trinajstić information content (AvgIpc) is 3.18. The standard InChI is InChI=1S/C49H84O6/c1-4-7-10-13-15-17-19-21-23-24-26-27-29-31-33-36-39-42-48(51)54-45-46(44-53-47(50)41-38-35-12-9-6-3)55-49(52)43-40-37-34-32-30-28-25-22-20-18-16-14-11-8-5-2/h7,10,15,17,21-23,25-27,46H,4-6,8-9,11-14,16,18-20,24,28-45H2,1-3H3/b10-7-,17-15-,23-21-,25-22-,27-26-. The van der Waals surface area contributed by atoms with Crippen molar-refractivity contribution in [1.82, 2.24) is 0 Å². The summed E-state index contributed by atoms with van der Waals surface area (Å²) in [6, 6.07) is 0. The Kier molecular flexibility index (Phi) is 41.5. The van der Waals surface area contributed by atoms with Crippen LogP contribution < -0.4 is 0 Å². The third-order valence-electron chi connectivity index (χ3n) is 9.51. The molecule has 0 bridgehead atoms. The van der Waals surface area contributed by atoms with Crippen molar-refractivity contribution >= 4 is 17.9 Å². The maximum Gasteiger partial charge on any atom is 0.306 e. The van der Waals surface area contributed by atoms with Crippen LogP contribution in [0.25, 0.3) is 0 Å². The van der Waals surface area contributed by atoms with Crippen molar-refractivity contribution in [2.75, 3.05) is 13.2 Å². The molecule has 0 aliphatic rings. The molecule has 55 heavy (non-hydrogen) atoms. The molecule has 0 fully saturated rings. The van der Waals surface area contributed by atoms with E-state index in [-0.39, 0.29) is 31.1 Å². The molecule has 0 aromatic heterocycles. The molecule has 6 heteroatoms. The Balaban J connectivity index is 4.29. The maximum atomic E-state index is 12.7. The number of allylic oxidation sites excluding steroid dienone is 10. The number of hydrogen-bond acceptors (Lipinski definition) is 6. The lowest BCUT2D eigenvalue weighted by molar-refractivity contribution is -0.167. The Labute approximate surface area is 339 Å². The van der Waals surface area contributed by atoms with Crippen LogP contribution in [0.15, 0.2) is 60.8 Å². The molecule has 1 atom stereocenters. The Morgan fingerprint density at radius 1 is 0.382 bits per heavy atom. The summed E-state index contributed by atoms with van der Waals surface area (Å²) < 4.78 is 16.6. The Hall–Kier alpha value is -2.89. The van der Waals surface area contributed by atoms with Gasteiger partial charge >= 0.3 is 17.9 Å². The fraction of sp³-hybridized carbons (Fsp3) is 0.735. The van der Waals surface area contributed by atoms with Gasteiger partial charge in [-0.25, -0.2) is 0 Å². The first-order chi connectivity index (χ1) is 27.0. The summed E-state index contributed by atoms with van der Waals surface area (Å²) in [5.74, 6) is -0.937. The zero-order chi connectivity index (χ0) is 40.1. The summed E-state index contributed by atoms with van der Waals surface area (Å²) in [5.41, 5.74) is 0. The monoisotopic (exact) mass is 769 g/mol. The first-order valence-corrected chi connectivity index (χ1v) is 22.8. The first kappa shape index (κ1) is 52.1. The fourth-order valence-corrected chi connectivity index (χ4v) is 6.07. The summed E-state index contributed by atoms with van der Waals surface area (Å²) in [5, 5.41) is 0. The lowest BCUT2D eigenvalue weighted by atomic mass is 10.1. The van der Waals surface area contributed by atoms with Crippen molar-refractivity contribution < 1.29 is 28.6 Å². The quantitative estimate of drug-likeness (QED) is 0.0267. The highest BCUT2D eigenvalue weighted by Crippen LogP contribution is 2.13. The van der Waals surface area contributed by atoms with Crippen LogP contribution in [-0.2, 0) is 28.6 Å². The fourth-order valence-electron chi connectivity index (χ4n) is 6.07. The maximum absolute atomic E-state index is 12.7. The minimum atomic E-state index is -0.783. The Morgan fingerprint density at radius 3 is 1.13 bits per heavy atom. The summed E-state index contributed by atoms with van der Waals surface area (Å²) in [4.78, 5) is 37.5. The van der Waals surface area contributed by atoms with Crippen molar-refractivity contribution in [3.05, 3.63) is 60.8 Å². The largest absolute Gasteiger partial charge is 0.462 e. The zero-order valence-corrected chi connectivity index (χ0v) is 35.9. The van der Waals surface area contributed by atoms with Gasteiger partial charge in [0.1, 0.15) is 13.2 Å². The van der Waals surface area contributed by atoms with Crippen LogP contribution in [0.4, 0.5) is 0 Å². The van der Waals surface area contributed by atoms with E-state index in [2.05, 4.69) is 81.5 Å². The minimum Gasteiger partial charge on any atom is -0.462 e. The van der Waals surface area contributed by atoms with Crippen LogP contribution in [0.5, 0.6) is 0 Å². The zero-order valence-electron chi connectivity index (χ0n) is 35.9. The Bertz CT molecular complexity index is 1020. The molecule has 0 aromatic rings. The molecule has 0 spiro atoms. The van der Waals surface area contributed by atoms with Gasteiger partial charge in [-0.1, -0.05) is 171 Å². The second-order valence-corrected chi connectivity index (χ2v) is 14.9. The van der Waals surface area contributed by atoms with Crippen molar-refractivity contribution in [2.24, 2.45) is 0 Å². The number of unbranched alkanes of at least 4 members (excludes halogenated alkanes) is 19. The van der Waals surface area contributed by atoms with Crippen LogP contribution in [0.2, 0.25) is 0 Å². The van der Waals surface area contributed by atoms with Crippen LogP contribution in [0, 0.1) is 0 Å². The van der Waals surface area contributed by atoms with Crippen LogP contribution in [0.3, 0.4) is 0 Å². The van der Waals surface area contributed by atoms with Gasteiger partial charge in [-0.2, -0.15) is 0 Å². The molecular weight excluding hydrogens is 685 g/mol. The van der Waals surface area contributed by atoms with Crippen molar-refractivity contribution in [1.29, 1.82) is 0 Å². The highest BCUT2D eigenvalue weighted by molar-refractivity contribution is 5.71. The van der Waals surface area contributed by atoms with Gasteiger partial charge in [0.25, 0.3) is 0 Å². The molecule has 0 amide bonds. The number of hydrogen-bond donors (Lipinski definition) is 0. The van der Waals surface area contributed by atoms with Gasteiger partial charge in [0, 0.05) is 19.3 Å². The smallest absolute Gasteiger partial charge is 0.306 e. The van der Waals surface area contributed by atoms with Crippen molar-refractivity contribution in [2.45, 2.75) is 219 Å². The highest BCUT2D eigenvalue weighted by atomic mass is 16.6. The van der Waals surface area contributed by atoms with Gasteiger partial charge in [0.2, 0.25) is 0 Å². The first-order valence-electron chi connectivity index (χ1n) is 22.8. The molecular formula is C49H84O6. The number of carbonyl (C=O) groups excluding carboxylic acids is 3. The molecule has 0 aromatic carbocycles. The molecule has 0 aliphatic heterocycles. The van der Waals surface area contributed by atoms with Gasteiger partial charge in [0.05, 0.1) is 0 Å². The van der Waals surface area contributed by atoms with Crippen molar-refractivity contribution in [3.63, 3.8) is 0 Å². The minimum absolute atomic E-state index is 0.0868. The molecule has 0 radical (unpaired) electrons. The molecule has 6 nitrogen and oxygen atoms in total. The van der Waals surface area contributed by atoms with Gasteiger partial charge in [-0.05, 0) is 83.5 Å². The number of carbonyl (C=O) groups is 3. The summed E-state index contributed by atoms with van der Waals surface area (Å²) in [6.45, 7) is 6.39. The van der Waals surface area contributed by atoms with E-state index in [0.29, 0.717) is 19.3 Å². The predicted molar refractivity (Wildman–Crippen MR) is 233 cm³/mol. The van der Waals surface area contributed by atoms with Crippen LogP contribution in [-0.4, -0.2) is 37.2 Å². The molecule has 0 saturated heterocycles. The number of esters is 3. The van der Waals surface area contributed by atoms with E-state index in [1.807, 2.05) is 0 Å². The predicted octanol–water partition coefficient (Wildman–Crippen LogP) is 14.5. The van der Waals surface area contributed by atoms with Gasteiger partial charge < -0.3 is 14.2 Å². The van der Waals surface area contributed by atoms with E-state index in [0.717, 1.165) is 116 Å². The third-order valence-corrected chi connectivity index (χ3v) is 9.51. The molecule has 0 heterocycles. The SMILES string of the molecule is CC/C=C\C/C=C\C/C=C\C/C=C\CCCCCCC(=O)OCC(COC(=O)CCCCCCC)OC(=O)CCCCCCC/C=C\CCCCCCCC. The van der Waals surface area contributed by atoms with E-state index < -0.39 is 6.10 Å². The topological polar surface area (TPSA) is 78.9 Å². The van der Waals surface area contributed by atoms with E-state index in [9.17, 15) is 14.4 Å². The lowest BCUT2D eigenvalue weighted by Gasteiger charge is -2.18. The molecule has 1 unspecified atom stereocenters. The van der Waals surface area contributed by atoms with Crippen molar-refractivity contribution in [3.8, 4) is 0 Å². The van der Waals surface area contributed by atoms with Gasteiger partial charge in [-0.3, -0.25) is 14.4 Å². The molecule has 0 aliphatic carbocycles. The molecule has 0 N–H and O–H groups in total. The van der Waals surface area contributed by atoms with Gasteiger partial charge in [0.15, 0.2) is 6.10 Å². The molecule has 0 rings (SSSR count). The molecule has 0 saturated carbocycles. The second-order valence-electron chi connectivity index (χ2n) is 14.9.